The second-order valence-corrected chi connectivity index (χ2v) is 23.4. The molecule has 2 saturated heterocycles. The molecule has 344 valence electrons. The fourth-order valence-corrected chi connectivity index (χ4v) is 18.4. The maximum absolute atomic E-state index is 14.0. The van der Waals surface area contributed by atoms with Gasteiger partial charge in [-0.3, -0.25) is 19.2 Å². The number of hydrogen-bond acceptors (Lipinski definition) is 9. The van der Waals surface area contributed by atoms with Gasteiger partial charge >= 0.3 is 29.6 Å². The van der Waals surface area contributed by atoms with Gasteiger partial charge in [0.25, 0.3) is 0 Å². The van der Waals surface area contributed by atoms with Crippen molar-refractivity contribution in [3.8, 4) is 0 Å². The molecule has 8 aliphatic carbocycles. The third-order valence-electron chi connectivity index (χ3n) is 21.5. The van der Waals surface area contributed by atoms with Crippen molar-refractivity contribution in [2.45, 2.75) is 171 Å². The Morgan fingerprint density at radius 2 is 0.839 bits per heavy atom. The summed E-state index contributed by atoms with van der Waals surface area (Å²) in [6.07, 6.45) is 15.8. The summed E-state index contributed by atoms with van der Waals surface area (Å²) >= 11 is 0. The van der Waals surface area contributed by atoms with E-state index >= 15 is 0 Å². The second kappa shape index (κ2) is 18.5. The van der Waals surface area contributed by atoms with Gasteiger partial charge in [-0.2, -0.15) is 0 Å². The van der Waals surface area contributed by atoms with E-state index in [1.807, 2.05) is 0 Å². The van der Waals surface area contributed by atoms with E-state index in [9.17, 15) is 19.2 Å². The number of carbonyl (C=O) groups is 4. The van der Waals surface area contributed by atoms with Crippen LogP contribution in [0.1, 0.15) is 158 Å². The molecule has 10 fully saturated rings. The van der Waals surface area contributed by atoms with Crippen LogP contribution in [0.3, 0.4) is 0 Å². The Kier molecular flexibility index (Phi) is 14.8. The monoisotopic (exact) mass is 873 g/mol. The Labute approximate surface area is 395 Å². The zero-order valence-electron chi connectivity index (χ0n) is 40.1. The molecule has 8 unspecified atom stereocenters. The summed E-state index contributed by atoms with van der Waals surface area (Å²) in [6.45, 7) is 21.6. The van der Waals surface area contributed by atoms with Gasteiger partial charge in [-0.1, -0.05) is 55.4 Å². The van der Waals surface area contributed by atoms with Crippen molar-refractivity contribution < 1.29 is 73.2 Å². The average Bonchev–Trinajstić information content (AvgIpc) is 4.06. The first-order valence-corrected chi connectivity index (χ1v) is 25.2. The Balaban J connectivity index is 0.000000181. The van der Waals surface area contributed by atoms with E-state index in [2.05, 4.69) is 55.4 Å². The van der Waals surface area contributed by atoms with Crippen molar-refractivity contribution in [1.29, 1.82) is 0 Å². The van der Waals surface area contributed by atoms with Gasteiger partial charge in [0.15, 0.2) is 12.6 Å². The molecule has 8 saturated carbocycles. The molecule has 0 aromatic rings. The molecule has 18 atom stereocenters. The average molecular weight is 873 g/mol. The minimum Gasteiger partial charge on any atom is -0.870 e. The molecule has 2 aliphatic heterocycles. The van der Waals surface area contributed by atoms with Crippen LogP contribution in [0.2, 0.25) is 0 Å². The Hall–Kier alpha value is -0.520. The van der Waals surface area contributed by atoms with Crippen LogP contribution in [0.25, 0.3) is 0 Å². The van der Waals surface area contributed by atoms with Gasteiger partial charge in [-0.15, -0.1) is 0 Å². The van der Waals surface area contributed by atoms with Crippen LogP contribution < -0.4 is 29.6 Å². The van der Waals surface area contributed by atoms with E-state index in [0.29, 0.717) is 110 Å². The number of ether oxygens (including phenoxy) is 4. The second-order valence-electron chi connectivity index (χ2n) is 23.4. The summed E-state index contributed by atoms with van der Waals surface area (Å²) in [4.78, 5) is 52.6. The first-order chi connectivity index (χ1) is 28.6. The minimum absolute atomic E-state index is 0. The van der Waals surface area contributed by atoms with Gasteiger partial charge in [0, 0.05) is 61.2 Å². The maximum atomic E-state index is 14.0. The fourth-order valence-electron chi connectivity index (χ4n) is 18.4. The van der Waals surface area contributed by atoms with Gasteiger partial charge in [-0.25, -0.2) is 0 Å². The van der Waals surface area contributed by atoms with Gasteiger partial charge in [0.1, 0.15) is 23.1 Å². The molecule has 0 aromatic carbocycles. The van der Waals surface area contributed by atoms with Gasteiger partial charge in [0.05, 0.1) is 26.4 Å². The topological polar surface area (TPSA) is 135 Å². The predicted octanol–water partition coefficient (Wildman–Crippen LogP) is 6.90. The summed E-state index contributed by atoms with van der Waals surface area (Å²) in [5.41, 5.74) is 0.737. The van der Waals surface area contributed by atoms with Crippen molar-refractivity contribution in [3.05, 3.63) is 0 Å². The molecule has 9 nitrogen and oxygen atoms in total. The van der Waals surface area contributed by atoms with Crippen molar-refractivity contribution in [2.24, 2.45) is 105 Å². The normalized spacial score (nSPS) is 48.5. The van der Waals surface area contributed by atoms with E-state index in [1.165, 1.54) is 38.5 Å². The quantitative estimate of drug-likeness (QED) is 0.261. The predicted molar refractivity (Wildman–Crippen MR) is 231 cm³/mol. The standard InChI is InChI=1S/2C26H40O4.Na.H2O/c2*1-5-17-21-14-16(27)8-10-26(21,4)20-9-11-25(3)18(15(2)24-29-12-13-30-24)6-7-19(25)22(20)23(17)28;;/h2*15,17-22,24H,5-14H2,1-4H3;;1H2/q;;+1;/p-1/t15-,17+,18+,19?,20?,21?,22?,25+,26+;15-,17-,18+,19?,20?,21?,22?,25+,26+;;/m00../s1. The van der Waals surface area contributed by atoms with Gasteiger partial charge < -0.3 is 24.4 Å². The Morgan fingerprint density at radius 1 is 0.500 bits per heavy atom. The maximum Gasteiger partial charge on any atom is 1.00 e. The van der Waals surface area contributed by atoms with E-state index in [1.54, 1.807) is 0 Å². The van der Waals surface area contributed by atoms with Crippen LogP contribution in [-0.2, 0) is 38.1 Å². The first kappa shape index (κ1) is 49.4. The number of hydrogen-bond donors (Lipinski definition) is 0. The summed E-state index contributed by atoms with van der Waals surface area (Å²) in [7, 11) is 0. The molecule has 62 heavy (non-hydrogen) atoms. The van der Waals surface area contributed by atoms with Gasteiger partial charge in [0.2, 0.25) is 0 Å². The third kappa shape index (κ3) is 7.61. The smallest absolute Gasteiger partial charge is 0.870 e. The molecule has 10 rings (SSSR count). The number of fused-ring (bicyclic) bond motifs is 10. The van der Waals surface area contributed by atoms with Crippen molar-refractivity contribution in [2.75, 3.05) is 26.4 Å². The summed E-state index contributed by atoms with van der Waals surface area (Å²) in [6, 6.07) is 0. The molecule has 10 aliphatic rings. The number of rotatable bonds is 6. The molecule has 0 bridgehead atoms. The summed E-state index contributed by atoms with van der Waals surface area (Å²) in [5.74, 6) is 6.73. The van der Waals surface area contributed by atoms with Crippen LogP contribution in [-0.4, -0.2) is 67.6 Å². The Bertz CT molecular complexity index is 1550. The zero-order chi connectivity index (χ0) is 42.5. The van der Waals surface area contributed by atoms with Crippen LogP contribution in [0.5, 0.6) is 0 Å². The molecule has 0 aromatic heterocycles. The Morgan fingerprint density at radius 3 is 1.18 bits per heavy atom. The van der Waals surface area contributed by atoms with Crippen molar-refractivity contribution in [3.63, 3.8) is 0 Å². The fraction of sp³-hybridized carbons (Fsp3) is 0.923. The van der Waals surface area contributed by atoms with E-state index in [0.717, 1.165) is 51.4 Å². The molecular formula is C52H81NaO9. The number of Topliss-reactive ketones (excluding diaryl/α,β-unsaturated/α-hetero) is 4. The summed E-state index contributed by atoms with van der Waals surface area (Å²) < 4.78 is 23.6. The summed E-state index contributed by atoms with van der Waals surface area (Å²) in [5, 5.41) is 0. The van der Waals surface area contributed by atoms with Crippen LogP contribution in [0.15, 0.2) is 0 Å². The van der Waals surface area contributed by atoms with E-state index in [-0.39, 0.29) is 105 Å². The number of carbonyl (C=O) groups excluding carboxylic acids is 4. The van der Waals surface area contributed by atoms with Crippen molar-refractivity contribution >= 4 is 23.1 Å². The molecule has 0 amide bonds. The van der Waals surface area contributed by atoms with Crippen LogP contribution >= 0.6 is 0 Å². The zero-order valence-corrected chi connectivity index (χ0v) is 42.1. The molecule has 1 N–H and O–H groups in total. The largest absolute Gasteiger partial charge is 1.00 e. The minimum atomic E-state index is -0.0694. The molecular weight excluding hydrogens is 792 g/mol. The molecule has 10 heteroatoms. The SMILES string of the molecule is CC[C@@H]1C(=O)C2C(CC[C@@]3(C)C2CC[C@@H]3[C@H](C)C2OCCO2)[C@@]2(C)CCC(=O)CC12.CC[C@H]1C(=O)C2C(CC[C@@]3(C)C2CC[C@@H]3[C@H](C)C2OCCO2)[C@@]2(C)CCC(=O)CC12.[Na+].[OH-]. The van der Waals surface area contributed by atoms with E-state index in [4.69, 9.17) is 18.9 Å². The van der Waals surface area contributed by atoms with Gasteiger partial charge in [-0.05, 0) is 146 Å². The number of ketones is 4. The van der Waals surface area contributed by atoms with Crippen LogP contribution in [0.4, 0.5) is 0 Å². The third-order valence-corrected chi connectivity index (χ3v) is 21.5. The van der Waals surface area contributed by atoms with Crippen LogP contribution in [0, 0.1) is 105 Å². The first-order valence-electron chi connectivity index (χ1n) is 25.2. The van der Waals surface area contributed by atoms with Crippen molar-refractivity contribution in [1.82, 2.24) is 0 Å². The molecule has 0 radical (unpaired) electrons. The van der Waals surface area contributed by atoms with E-state index < -0.39 is 0 Å². The molecule has 2 heterocycles. The molecule has 0 spiro atoms.